The molecule has 0 bridgehead atoms. The van der Waals surface area contributed by atoms with Crippen molar-refractivity contribution in [3.63, 3.8) is 0 Å². The highest BCUT2D eigenvalue weighted by Crippen LogP contribution is 2.31. The maximum atomic E-state index is 5.96. The number of halogens is 1. The quantitative estimate of drug-likeness (QED) is 0.599. The van der Waals surface area contributed by atoms with Gasteiger partial charge in [0.15, 0.2) is 0 Å². The van der Waals surface area contributed by atoms with Gasteiger partial charge in [0.2, 0.25) is 0 Å². The second-order valence-electron chi connectivity index (χ2n) is 3.23. The van der Waals surface area contributed by atoms with E-state index in [4.69, 9.17) is 22.2 Å². The maximum absolute atomic E-state index is 5.96. The van der Waals surface area contributed by atoms with E-state index in [1.54, 1.807) is 7.11 Å². The normalized spacial score (nSPS) is 12.6. The summed E-state index contributed by atoms with van der Waals surface area (Å²) in [7, 11) is 1.64. The van der Waals surface area contributed by atoms with E-state index >= 15 is 0 Å². The first-order valence-corrected chi connectivity index (χ1v) is 4.78. The highest BCUT2D eigenvalue weighted by Gasteiger charge is 2.13. The summed E-state index contributed by atoms with van der Waals surface area (Å²) in [6.07, 6.45) is 0. The average molecular weight is 215 g/mol. The van der Waals surface area contributed by atoms with Gasteiger partial charge in [0.1, 0.15) is 5.75 Å². The van der Waals surface area contributed by atoms with Crippen LogP contribution >= 0.6 is 11.6 Å². The van der Waals surface area contributed by atoms with Gasteiger partial charge in [-0.1, -0.05) is 11.6 Å². The Morgan fingerprint density at radius 2 is 2.14 bits per heavy atom. The third-order valence-electron chi connectivity index (χ3n) is 2.19. The van der Waals surface area contributed by atoms with E-state index < -0.39 is 0 Å². The third-order valence-corrected chi connectivity index (χ3v) is 2.41. The smallest absolute Gasteiger partial charge is 0.126 e. The number of methoxy groups -OCH3 is 1. The maximum Gasteiger partial charge on any atom is 0.126 e. The molecule has 0 aliphatic heterocycles. The molecule has 0 fully saturated rings. The lowest BCUT2D eigenvalue weighted by Crippen LogP contribution is -2.26. The van der Waals surface area contributed by atoms with E-state index in [-0.39, 0.29) is 6.04 Å². The van der Waals surface area contributed by atoms with E-state index in [1.165, 1.54) is 0 Å². The van der Waals surface area contributed by atoms with E-state index in [1.807, 2.05) is 26.0 Å². The van der Waals surface area contributed by atoms with Crippen LogP contribution in [0.2, 0.25) is 5.02 Å². The number of hydrogen-bond donors (Lipinski definition) is 2. The number of ether oxygens (including phenoxy) is 1. The largest absolute Gasteiger partial charge is 0.496 e. The second kappa shape index (κ2) is 4.64. The molecular weight excluding hydrogens is 200 g/mol. The highest BCUT2D eigenvalue weighted by molar-refractivity contribution is 6.30. The number of nitrogens with one attached hydrogen (secondary N) is 1. The van der Waals surface area contributed by atoms with E-state index in [9.17, 15) is 0 Å². The molecule has 4 heteroatoms. The van der Waals surface area contributed by atoms with Crippen LogP contribution in [0, 0.1) is 6.92 Å². The van der Waals surface area contributed by atoms with Crippen molar-refractivity contribution >= 4 is 11.6 Å². The number of hydrogen-bond acceptors (Lipinski definition) is 3. The van der Waals surface area contributed by atoms with Gasteiger partial charge in [0, 0.05) is 16.6 Å². The van der Waals surface area contributed by atoms with Gasteiger partial charge in [0.05, 0.1) is 7.11 Å². The van der Waals surface area contributed by atoms with Gasteiger partial charge in [-0.25, -0.2) is 0 Å². The Kier molecular flexibility index (Phi) is 3.75. The van der Waals surface area contributed by atoms with Crippen molar-refractivity contribution in [3.05, 3.63) is 28.3 Å². The number of aryl methyl sites for hydroxylation is 1. The molecule has 1 atom stereocenters. The number of hydrazine groups is 1. The fourth-order valence-corrected chi connectivity index (χ4v) is 1.73. The predicted molar refractivity (Wildman–Crippen MR) is 58.5 cm³/mol. The first kappa shape index (κ1) is 11.3. The van der Waals surface area contributed by atoms with Gasteiger partial charge >= 0.3 is 0 Å². The molecule has 0 amide bonds. The molecular formula is C10H15ClN2O. The Balaban J connectivity index is 3.24. The SMILES string of the molecule is COc1c(C)cc(Cl)cc1C(C)NN. The summed E-state index contributed by atoms with van der Waals surface area (Å²) in [5.41, 5.74) is 4.66. The molecule has 0 saturated carbocycles. The van der Waals surface area contributed by atoms with Crippen LogP contribution in [0.4, 0.5) is 0 Å². The number of nitrogens with two attached hydrogens (primary N) is 1. The summed E-state index contributed by atoms with van der Waals surface area (Å²) in [6.45, 7) is 3.91. The van der Waals surface area contributed by atoms with Crippen LogP contribution in [0.25, 0.3) is 0 Å². The standard InChI is InChI=1S/C10H15ClN2O/c1-6-4-8(11)5-9(7(2)13-12)10(6)14-3/h4-5,7,13H,12H2,1-3H3. The molecule has 1 aromatic carbocycles. The van der Waals surface area contributed by atoms with Crippen LogP contribution in [0.3, 0.4) is 0 Å². The molecule has 0 heterocycles. The van der Waals surface area contributed by atoms with Gasteiger partial charge in [-0.05, 0) is 31.5 Å². The molecule has 14 heavy (non-hydrogen) atoms. The summed E-state index contributed by atoms with van der Waals surface area (Å²) in [5, 5.41) is 0.695. The van der Waals surface area contributed by atoms with Gasteiger partial charge in [-0.2, -0.15) is 0 Å². The van der Waals surface area contributed by atoms with Gasteiger partial charge in [-0.3, -0.25) is 11.3 Å². The molecule has 78 valence electrons. The molecule has 0 aromatic heterocycles. The van der Waals surface area contributed by atoms with Crippen molar-refractivity contribution in [3.8, 4) is 5.75 Å². The topological polar surface area (TPSA) is 47.3 Å². The number of rotatable bonds is 3. The van der Waals surface area contributed by atoms with Crippen LogP contribution in [0.5, 0.6) is 5.75 Å². The van der Waals surface area contributed by atoms with Crippen molar-refractivity contribution in [2.24, 2.45) is 5.84 Å². The van der Waals surface area contributed by atoms with Gasteiger partial charge in [-0.15, -0.1) is 0 Å². The van der Waals surface area contributed by atoms with Crippen LogP contribution < -0.4 is 16.0 Å². The fourth-order valence-electron chi connectivity index (χ4n) is 1.45. The lowest BCUT2D eigenvalue weighted by Gasteiger charge is -2.17. The summed E-state index contributed by atoms with van der Waals surface area (Å²) >= 11 is 5.96. The summed E-state index contributed by atoms with van der Waals surface area (Å²) in [5.74, 6) is 6.21. The summed E-state index contributed by atoms with van der Waals surface area (Å²) in [6, 6.07) is 3.74. The summed E-state index contributed by atoms with van der Waals surface area (Å²) in [4.78, 5) is 0. The predicted octanol–water partition coefficient (Wildman–Crippen LogP) is 2.18. The minimum Gasteiger partial charge on any atom is -0.496 e. The van der Waals surface area contributed by atoms with E-state index in [0.29, 0.717) is 5.02 Å². The van der Waals surface area contributed by atoms with E-state index in [0.717, 1.165) is 16.9 Å². The van der Waals surface area contributed by atoms with Gasteiger partial charge < -0.3 is 4.74 Å². The Morgan fingerprint density at radius 3 is 2.64 bits per heavy atom. The minimum atomic E-state index is 0.0161. The Labute approximate surface area is 89.2 Å². The fraction of sp³-hybridized carbons (Fsp3) is 0.400. The zero-order valence-electron chi connectivity index (χ0n) is 8.60. The van der Waals surface area contributed by atoms with Crippen LogP contribution in [0.15, 0.2) is 12.1 Å². The first-order valence-electron chi connectivity index (χ1n) is 4.40. The summed E-state index contributed by atoms with van der Waals surface area (Å²) < 4.78 is 5.30. The molecule has 0 saturated heterocycles. The van der Waals surface area contributed by atoms with Crippen molar-refractivity contribution in [2.75, 3.05) is 7.11 Å². The van der Waals surface area contributed by atoms with Crippen molar-refractivity contribution < 1.29 is 4.74 Å². The Morgan fingerprint density at radius 1 is 1.50 bits per heavy atom. The molecule has 0 spiro atoms. The molecule has 0 aliphatic carbocycles. The minimum absolute atomic E-state index is 0.0161. The molecule has 1 rings (SSSR count). The lowest BCUT2D eigenvalue weighted by atomic mass is 10.0. The Hall–Kier alpha value is -0.770. The van der Waals surface area contributed by atoms with Crippen molar-refractivity contribution in [1.29, 1.82) is 0 Å². The van der Waals surface area contributed by atoms with Crippen molar-refractivity contribution in [2.45, 2.75) is 19.9 Å². The monoisotopic (exact) mass is 214 g/mol. The van der Waals surface area contributed by atoms with Crippen LogP contribution in [-0.4, -0.2) is 7.11 Å². The second-order valence-corrected chi connectivity index (χ2v) is 3.67. The zero-order valence-corrected chi connectivity index (χ0v) is 9.35. The molecule has 3 nitrogen and oxygen atoms in total. The molecule has 1 unspecified atom stereocenters. The average Bonchev–Trinajstić information content (AvgIpc) is 2.15. The van der Waals surface area contributed by atoms with E-state index in [2.05, 4.69) is 5.43 Å². The first-order chi connectivity index (χ1) is 6.60. The molecule has 0 radical (unpaired) electrons. The lowest BCUT2D eigenvalue weighted by molar-refractivity contribution is 0.399. The molecule has 3 N–H and O–H groups in total. The van der Waals surface area contributed by atoms with Crippen molar-refractivity contribution in [1.82, 2.24) is 5.43 Å². The van der Waals surface area contributed by atoms with Crippen LogP contribution in [0.1, 0.15) is 24.1 Å². The highest BCUT2D eigenvalue weighted by atomic mass is 35.5. The molecule has 0 aliphatic rings. The van der Waals surface area contributed by atoms with Gasteiger partial charge in [0.25, 0.3) is 0 Å². The molecule has 1 aromatic rings. The number of benzene rings is 1. The Bertz CT molecular complexity index is 328. The van der Waals surface area contributed by atoms with Crippen LogP contribution in [-0.2, 0) is 0 Å². The third kappa shape index (κ3) is 2.18. The zero-order chi connectivity index (χ0) is 10.7.